The van der Waals surface area contributed by atoms with E-state index in [4.69, 9.17) is 9.47 Å². The van der Waals surface area contributed by atoms with Crippen LogP contribution in [0.3, 0.4) is 0 Å². The molecule has 3 aromatic carbocycles. The Kier molecular flexibility index (Phi) is 8.65. The van der Waals surface area contributed by atoms with E-state index in [1.54, 1.807) is 18.9 Å². The van der Waals surface area contributed by atoms with E-state index in [1.807, 2.05) is 78.9 Å². The van der Waals surface area contributed by atoms with Gasteiger partial charge in [-0.05, 0) is 76.2 Å². The molecule has 0 aromatic heterocycles. The minimum atomic E-state index is -0.152. The number of rotatable bonds is 8. The van der Waals surface area contributed by atoms with Crippen LogP contribution in [0, 0.1) is 5.92 Å². The van der Waals surface area contributed by atoms with Gasteiger partial charge in [-0.2, -0.15) is 0 Å². The number of hydrogen-bond donors (Lipinski definition) is 1. The predicted octanol–water partition coefficient (Wildman–Crippen LogP) is 7.93. The summed E-state index contributed by atoms with van der Waals surface area (Å²) >= 11 is 5.25. The van der Waals surface area contributed by atoms with Crippen LogP contribution in [0.25, 0.3) is 6.08 Å². The van der Waals surface area contributed by atoms with Gasteiger partial charge in [-0.25, -0.2) is 0 Å². The minimum absolute atomic E-state index is 0.0849. The van der Waals surface area contributed by atoms with Crippen molar-refractivity contribution < 1.29 is 14.3 Å². The summed E-state index contributed by atoms with van der Waals surface area (Å²) in [6.07, 6.45) is 6.56. The van der Waals surface area contributed by atoms with Crippen molar-refractivity contribution in [2.45, 2.75) is 50.8 Å². The SMILES string of the molecule is COc1cc(/C=C2\SC(Nc3ccccc3)N([C@H]3CCCC[C@@H]3C)C2=O)cc(Br)c1OCc1ccccc1. The van der Waals surface area contributed by atoms with Crippen molar-refractivity contribution in [2.75, 3.05) is 12.4 Å². The number of carbonyl (C=O) groups is 1. The lowest BCUT2D eigenvalue weighted by Gasteiger charge is -2.39. The predicted molar refractivity (Wildman–Crippen MR) is 159 cm³/mol. The second kappa shape index (κ2) is 12.3. The lowest BCUT2D eigenvalue weighted by atomic mass is 9.85. The quantitative estimate of drug-likeness (QED) is 0.269. The number of thioether (sulfide) groups is 1. The standard InChI is InChI=1S/C31H33BrN2O3S/c1-21-11-9-10-16-26(21)34-30(35)28(38-31(34)33-24-14-7-4-8-15-24)19-23-17-25(32)29(27(18-23)36-2)37-20-22-12-5-3-6-13-22/h3-8,12-15,17-19,21,26,31,33H,9-11,16,20H2,1-2H3/b28-19-/t21-,26-,31?/m0/s1. The van der Waals surface area contributed by atoms with E-state index in [0.717, 1.165) is 45.5 Å². The van der Waals surface area contributed by atoms with Gasteiger partial charge in [0, 0.05) is 11.7 Å². The zero-order valence-corrected chi connectivity index (χ0v) is 24.1. The van der Waals surface area contributed by atoms with Crippen LogP contribution >= 0.6 is 27.7 Å². The number of halogens is 1. The average Bonchev–Trinajstić information content (AvgIpc) is 3.23. The first-order valence-electron chi connectivity index (χ1n) is 13.1. The first-order chi connectivity index (χ1) is 18.5. The fourth-order valence-electron chi connectivity index (χ4n) is 5.21. The van der Waals surface area contributed by atoms with Crippen LogP contribution in [-0.2, 0) is 11.4 Å². The number of nitrogens with one attached hydrogen (secondary N) is 1. The van der Waals surface area contributed by atoms with Crippen molar-refractivity contribution in [3.63, 3.8) is 0 Å². The van der Waals surface area contributed by atoms with Gasteiger partial charge in [0.15, 0.2) is 17.0 Å². The Morgan fingerprint density at radius 2 is 1.76 bits per heavy atom. The summed E-state index contributed by atoms with van der Waals surface area (Å²) in [5, 5.41) is 3.60. The third-order valence-corrected chi connectivity index (χ3v) is 8.90. The molecular formula is C31H33BrN2O3S. The summed E-state index contributed by atoms with van der Waals surface area (Å²) in [6.45, 7) is 2.71. The van der Waals surface area contributed by atoms with Gasteiger partial charge in [0.1, 0.15) is 6.61 Å². The number of methoxy groups -OCH3 is 1. The van der Waals surface area contributed by atoms with Gasteiger partial charge < -0.3 is 19.7 Å². The maximum atomic E-state index is 13.9. The van der Waals surface area contributed by atoms with Crippen molar-refractivity contribution in [1.82, 2.24) is 4.90 Å². The van der Waals surface area contributed by atoms with Crippen LogP contribution in [0.2, 0.25) is 0 Å². The molecule has 5 nitrogen and oxygen atoms in total. The molecule has 1 amide bonds. The second-order valence-electron chi connectivity index (χ2n) is 9.84. The Balaban J connectivity index is 1.41. The molecule has 38 heavy (non-hydrogen) atoms. The van der Waals surface area contributed by atoms with E-state index >= 15 is 0 Å². The molecule has 0 bridgehead atoms. The maximum Gasteiger partial charge on any atom is 0.262 e. The number of para-hydroxylation sites is 1. The van der Waals surface area contributed by atoms with E-state index in [0.29, 0.717) is 24.0 Å². The molecule has 1 aliphatic heterocycles. The van der Waals surface area contributed by atoms with E-state index in [9.17, 15) is 4.79 Å². The van der Waals surface area contributed by atoms with Crippen LogP contribution in [0.15, 0.2) is 82.2 Å². The Morgan fingerprint density at radius 1 is 1.05 bits per heavy atom. The van der Waals surface area contributed by atoms with E-state index < -0.39 is 0 Å². The summed E-state index contributed by atoms with van der Waals surface area (Å²) in [5.41, 5.74) is 2.82. The van der Waals surface area contributed by atoms with Crippen LogP contribution in [-0.4, -0.2) is 29.5 Å². The number of hydrogen-bond acceptors (Lipinski definition) is 5. The van der Waals surface area contributed by atoms with E-state index in [1.165, 1.54) is 6.42 Å². The molecule has 3 aromatic rings. The first-order valence-corrected chi connectivity index (χ1v) is 14.8. The van der Waals surface area contributed by atoms with Crippen LogP contribution in [0.4, 0.5) is 5.69 Å². The number of benzene rings is 3. The summed E-state index contributed by atoms with van der Waals surface area (Å²) in [6, 6.07) is 24.3. The van der Waals surface area contributed by atoms with Gasteiger partial charge >= 0.3 is 0 Å². The van der Waals surface area contributed by atoms with Crippen LogP contribution in [0.5, 0.6) is 11.5 Å². The lowest BCUT2D eigenvalue weighted by Crippen LogP contribution is -2.48. The molecule has 2 fully saturated rings. The molecule has 7 heteroatoms. The number of nitrogens with zero attached hydrogens (tertiary/aromatic N) is 1. The fraction of sp³-hybridized carbons (Fsp3) is 0.323. The summed E-state index contributed by atoms with van der Waals surface area (Å²) < 4.78 is 12.6. The summed E-state index contributed by atoms with van der Waals surface area (Å²) in [7, 11) is 1.63. The highest BCUT2D eigenvalue weighted by molar-refractivity contribution is 9.10. The highest BCUT2D eigenvalue weighted by Gasteiger charge is 2.42. The van der Waals surface area contributed by atoms with Gasteiger partial charge in [-0.1, -0.05) is 80.1 Å². The summed E-state index contributed by atoms with van der Waals surface area (Å²) in [5.74, 6) is 1.82. The molecule has 1 aliphatic carbocycles. The van der Waals surface area contributed by atoms with Crippen molar-refractivity contribution in [3.05, 3.63) is 93.3 Å². The normalized spacial score (nSPS) is 22.5. The van der Waals surface area contributed by atoms with E-state index in [2.05, 4.69) is 33.1 Å². The summed E-state index contributed by atoms with van der Waals surface area (Å²) in [4.78, 5) is 16.7. The number of carbonyl (C=O) groups excluding carboxylic acids is 1. The third-order valence-electron chi connectivity index (χ3n) is 7.20. The second-order valence-corrected chi connectivity index (χ2v) is 11.8. The minimum Gasteiger partial charge on any atom is -0.493 e. The molecule has 1 N–H and O–H groups in total. The number of ether oxygens (including phenoxy) is 2. The van der Waals surface area contributed by atoms with Crippen molar-refractivity contribution in [1.29, 1.82) is 0 Å². The highest BCUT2D eigenvalue weighted by Crippen LogP contribution is 2.43. The topological polar surface area (TPSA) is 50.8 Å². The van der Waals surface area contributed by atoms with E-state index in [-0.39, 0.29) is 17.4 Å². The molecule has 1 heterocycles. The van der Waals surface area contributed by atoms with Gasteiger partial charge in [-0.3, -0.25) is 4.79 Å². The molecule has 3 atom stereocenters. The maximum absolute atomic E-state index is 13.9. The molecule has 0 spiro atoms. The molecule has 198 valence electrons. The zero-order chi connectivity index (χ0) is 26.5. The molecule has 2 aliphatic rings. The van der Waals surface area contributed by atoms with Crippen molar-refractivity contribution >= 4 is 45.4 Å². The Morgan fingerprint density at radius 3 is 2.47 bits per heavy atom. The lowest BCUT2D eigenvalue weighted by molar-refractivity contribution is -0.129. The highest BCUT2D eigenvalue weighted by atomic mass is 79.9. The van der Waals surface area contributed by atoms with Gasteiger partial charge in [-0.15, -0.1) is 0 Å². The monoisotopic (exact) mass is 592 g/mol. The average molecular weight is 594 g/mol. The molecule has 1 saturated carbocycles. The number of anilines is 1. The first kappa shape index (κ1) is 26.7. The Bertz CT molecular complexity index is 1290. The largest absolute Gasteiger partial charge is 0.493 e. The number of amides is 1. The smallest absolute Gasteiger partial charge is 0.262 e. The zero-order valence-electron chi connectivity index (χ0n) is 21.7. The Labute approximate surface area is 237 Å². The third kappa shape index (κ3) is 6.05. The van der Waals surface area contributed by atoms with Gasteiger partial charge in [0.25, 0.3) is 5.91 Å². The molecule has 5 rings (SSSR count). The molecule has 1 saturated heterocycles. The molecular weight excluding hydrogens is 560 g/mol. The van der Waals surface area contributed by atoms with Crippen molar-refractivity contribution in [2.24, 2.45) is 5.92 Å². The van der Waals surface area contributed by atoms with Crippen LogP contribution < -0.4 is 14.8 Å². The van der Waals surface area contributed by atoms with Crippen molar-refractivity contribution in [3.8, 4) is 11.5 Å². The molecule has 1 unspecified atom stereocenters. The fourth-order valence-corrected chi connectivity index (χ4v) is 7.00. The van der Waals surface area contributed by atoms with Gasteiger partial charge in [0.2, 0.25) is 0 Å². The Hall–Kier alpha value is -2.90. The van der Waals surface area contributed by atoms with Crippen LogP contribution in [0.1, 0.15) is 43.7 Å². The molecule has 0 radical (unpaired) electrons. The van der Waals surface area contributed by atoms with Gasteiger partial charge in [0.05, 0.1) is 16.5 Å².